The molecule has 1 aromatic heterocycles. The van der Waals surface area contributed by atoms with Gasteiger partial charge in [0, 0.05) is 53.8 Å². The number of amidine groups is 1. The maximum atomic E-state index is 13.7. The molecule has 2 aliphatic rings. The summed E-state index contributed by atoms with van der Waals surface area (Å²) in [5, 5.41) is 20.2. The van der Waals surface area contributed by atoms with Crippen molar-refractivity contribution >= 4 is 29.0 Å². The number of benzene rings is 2. The molecule has 1 aliphatic heterocycles. The molecule has 1 aliphatic carbocycles. The van der Waals surface area contributed by atoms with E-state index in [1.807, 2.05) is 68.4 Å². The molecule has 0 saturated heterocycles. The zero-order valence-electron chi connectivity index (χ0n) is 27.2. The summed E-state index contributed by atoms with van der Waals surface area (Å²) in [4.78, 5) is 48.5. The van der Waals surface area contributed by atoms with E-state index in [9.17, 15) is 19.5 Å². The van der Waals surface area contributed by atoms with Crippen molar-refractivity contribution in [1.82, 2.24) is 4.98 Å². The fourth-order valence-electron chi connectivity index (χ4n) is 6.32. The van der Waals surface area contributed by atoms with Crippen molar-refractivity contribution in [3.63, 3.8) is 0 Å². The largest absolute Gasteiger partial charge is 0.396 e. The number of rotatable bonds is 14. The van der Waals surface area contributed by atoms with Gasteiger partial charge in [-0.15, -0.1) is 5.11 Å². The maximum Gasteiger partial charge on any atom is 0.228 e. The molecule has 2 aromatic carbocycles. The summed E-state index contributed by atoms with van der Waals surface area (Å²) in [7, 11) is 0. The first-order valence-electron chi connectivity index (χ1n) is 16.5. The molecule has 10 nitrogen and oxygen atoms in total. The van der Waals surface area contributed by atoms with Gasteiger partial charge in [-0.05, 0) is 98.9 Å². The van der Waals surface area contributed by atoms with Gasteiger partial charge in [0.15, 0.2) is 18.3 Å². The summed E-state index contributed by atoms with van der Waals surface area (Å²) in [5.74, 6) is 0.213. The van der Waals surface area contributed by atoms with Crippen LogP contribution >= 0.6 is 0 Å². The number of nitrogens with one attached hydrogen (secondary N) is 1. The standard InChI is InChI=1S/C37H44N6O4/c1-23(21-44)17-35(46)33-16-15-32(24(2)41-33)27-7-3-25(4-8-27)18-30(19-34(45)28-9-5-26(20-38)6-10-28)37(47)42-31-13-11-29(12-14-31)36-39-22-40-43-36/h3-4,7-8,11-16,23,26,28,30,44H,5-6,9-10,17-22,38H2,1-2H3,(H,42,47)/t23-,26?,28?,30+/m0/s1. The monoisotopic (exact) mass is 636 g/mol. The van der Waals surface area contributed by atoms with Crippen LogP contribution in [0.5, 0.6) is 0 Å². The topological polar surface area (TPSA) is 159 Å². The van der Waals surface area contributed by atoms with Crippen molar-refractivity contribution in [2.45, 2.75) is 58.8 Å². The molecule has 10 heteroatoms. The normalized spacial score (nSPS) is 18.8. The Hall–Kier alpha value is -4.41. The summed E-state index contributed by atoms with van der Waals surface area (Å²) in [6.45, 7) is 4.64. The van der Waals surface area contributed by atoms with Crippen molar-refractivity contribution in [2.75, 3.05) is 25.1 Å². The van der Waals surface area contributed by atoms with Crippen LogP contribution in [0, 0.1) is 30.6 Å². The number of aliphatic imine (C=N–C) groups is 1. The number of azo groups is 1. The number of ketones is 2. The second-order valence-corrected chi connectivity index (χ2v) is 12.9. The molecule has 4 N–H and O–H groups in total. The van der Waals surface area contributed by atoms with E-state index in [1.165, 1.54) is 0 Å². The molecule has 2 heterocycles. The van der Waals surface area contributed by atoms with Gasteiger partial charge in [-0.3, -0.25) is 14.4 Å². The van der Waals surface area contributed by atoms with Crippen molar-refractivity contribution in [2.24, 2.45) is 44.6 Å². The Bertz CT molecular complexity index is 1630. The smallest absolute Gasteiger partial charge is 0.228 e. The van der Waals surface area contributed by atoms with Crippen LogP contribution in [0.1, 0.15) is 72.8 Å². The summed E-state index contributed by atoms with van der Waals surface area (Å²) >= 11 is 0. The number of carbonyl (C=O) groups excluding carboxylic acids is 3. The summed E-state index contributed by atoms with van der Waals surface area (Å²) in [6, 6.07) is 18.9. The zero-order chi connectivity index (χ0) is 33.3. The number of aryl methyl sites for hydroxylation is 1. The average molecular weight is 637 g/mol. The molecule has 2 atom stereocenters. The number of hydrogen-bond acceptors (Lipinski definition) is 9. The minimum absolute atomic E-state index is 0.0340. The fraction of sp³-hybridized carbons (Fsp3) is 0.432. The van der Waals surface area contributed by atoms with Gasteiger partial charge in [-0.25, -0.2) is 9.98 Å². The first kappa shape index (κ1) is 33.9. The molecule has 0 unspecified atom stereocenters. The molecule has 3 aromatic rings. The second kappa shape index (κ2) is 15.9. The summed E-state index contributed by atoms with van der Waals surface area (Å²) < 4.78 is 0. The minimum Gasteiger partial charge on any atom is -0.396 e. The Labute approximate surface area is 276 Å². The second-order valence-electron chi connectivity index (χ2n) is 12.9. The lowest BCUT2D eigenvalue weighted by atomic mass is 9.77. The first-order chi connectivity index (χ1) is 22.7. The fourth-order valence-corrected chi connectivity index (χ4v) is 6.32. The van der Waals surface area contributed by atoms with Crippen LogP contribution in [0.4, 0.5) is 5.69 Å². The van der Waals surface area contributed by atoms with Gasteiger partial charge in [0.25, 0.3) is 0 Å². The van der Waals surface area contributed by atoms with Crippen LogP contribution in [0.15, 0.2) is 75.9 Å². The quantitative estimate of drug-likeness (QED) is 0.185. The van der Waals surface area contributed by atoms with Gasteiger partial charge in [0.1, 0.15) is 11.5 Å². The van der Waals surface area contributed by atoms with Crippen molar-refractivity contribution < 1.29 is 19.5 Å². The molecule has 47 heavy (non-hydrogen) atoms. The SMILES string of the molecule is Cc1nc(C(=O)C[C@H](C)CO)ccc1-c1ccc(C[C@H](CC(=O)C2CCC(CN)CC2)C(=O)Nc2ccc(C3=NCN=N3)cc2)cc1. The molecule has 1 saturated carbocycles. The van der Waals surface area contributed by atoms with E-state index < -0.39 is 5.92 Å². The van der Waals surface area contributed by atoms with Gasteiger partial charge in [-0.2, -0.15) is 5.11 Å². The van der Waals surface area contributed by atoms with Crippen molar-refractivity contribution in [3.05, 3.63) is 83.2 Å². The Balaban J connectivity index is 1.29. The molecule has 0 radical (unpaired) electrons. The molecule has 5 rings (SSSR count). The average Bonchev–Trinajstić information content (AvgIpc) is 3.64. The lowest BCUT2D eigenvalue weighted by Gasteiger charge is -2.27. The van der Waals surface area contributed by atoms with Gasteiger partial charge in [0.05, 0.1) is 0 Å². The first-order valence-corrected chi connectivity index (χ1v) is 16.5. The maximum absolute atomic E-state index is 13.7. The Morgan fingerprint density at radius 3 is 2.26 bits per heavy atom. The van der Waals surface area contributed by atoms with Gasteiger partial charge in [0.2, 0.25) is 5.91 Å². The predicted octanol–water partition coefficient (Wildman–Crippen LogP) is 5.95. The van der Waals surface area contributed by atoms with E-state index in [0.29, 0.717) is 42.8 Å². The van der Waals surface area contributed by atoms with E-state index in [0.717, 1.165) is 53.6 Å². The van der Waals surface area contributed by atoms with Crippen LogP contribution in [-0.4, -0.2) is 53.2 Å². The number of aliphatic hydroxyl groups is 1. The highest BCUT2D eigenvalue weighted by molar-refractivity contribution is 6.01. The lowest BCUT2D eigenvalue weighted by Crippen LogP contribution is -2.31. The predicted molar refractivity (Wildman–Crippen MR) is 182 cm³/mol. The van der Waals surface area contributed by atoms with Crippen LogP contribution in [0.2, 0.25) is 0 Å². The number of anilines is 1. The molecular formula is C37H44N6O4. The highest BCUT2D eigenvalue weighted by atomic mass is 16.3. The summed E-state index contributed by atoms with van der Waals surface area (Å²) in [6.07, 6.45) is 4.39. The van der Waals surface area contributed by atoms with Crippen molar-refractivity contribution in [1.29, 1.82) is 0 Å². The Kier molecular flexibility index (Phi) is 11.5. The molecule has 0 spiro atoms. The number of carbonyl (C=O) groups is 3. The third-order valence-electron chi connectivity index (χ3n) is 9.28. The molecule has 1 fully saturated rings. The van der Waals surface area contributed by atoms with Gasteiger partial charge >= 0.3 is 0 Å². The number of nitrogens with zero attached hydrogens (tertiary/aromatic N) is 4. The molecular weight excluding hydrogens is 592 g/mol. The third kappa shape index (κ3) is 8.90. The van der Waals surface area contributed by atoms with Crippen LogP contribution in [0.25, 0.3) is 11.1 Å². The number of aliphatic hydroxyl groups excluding tert-OH is 1. The number of pyridine rings is 1. The zero-order valence-corrected chi connectivity index (χ0v) is 27.2. The highest BCUT2D eigenvalue weighted by Gasteiger charge is 2.30. The Morgan fingerprint density at radius 1 is 0.936 bits per heavy atom. The molecule has 246 valence electrons. The molecule has 0 bridgehead atoms. The third-order valence-corrected chi connectivity index (χ3v) is 9.28. The minimum atomic E-state index is -0.539. The Morgan fingerprint density at radius 2 is 1.64 bits per heavy atom. The summed E-state index contributed by atoms with van der Waals surface area (Å²) in [5.41, 5.74) is 11.3. The number of aromatic nitrogens is 1. The van der Waals surface area contributed by atoms with Crippen LogP contribution in [-0.2, 0) is 16.0 Å². The number of Topliss-reactive ketones (excluding diaryl/α,β-unsaturated/α-hetero) is 2. The number of hydrogen-bond donors (Lipinski definition) is 3. The highest BCUT2D eigenvalue weighted by Crippen LogP contribution is 2.31. The van der Waals surface area contributed by atoms with E-state index in [2.05, 4.69) is 25.5 Å². The number of amides is 1. The van der Waals surface area contributed by atoms with Crippen molar-refractivity contribution in [3.8, 4) is 11.1 Å². The van der Waals surface area contributed by atoms with Crippen LogP contribution in [0.3, 0.4) is 0 Å². The van der Waals surface area contributed by atoms with E-state index in [1.54, 1.807) is 6.07 Å². The van der Waals surface area contributed by atoms with E-state index in [4.69, 9.17) is 5.73 Å². The lowest BCUT2D eigenvalue weighted by molar-refractivity contribution is -0.129. The molecule has 1 amide bonds. The van der Waals surface area contributed by atoms with Gasteiger partial charge < -0.3 is 16.2 Å². The van der Waals surface area contributed by atoms with E-state index >= 15 is 0 Å². The van der Waals surface area contributed by atoms with Crippen LogP contribution < -0.4 is 11.1 Å². The number of nitrogens with two attached hydrogens (primary N) is 1. The van der Waals surface area contributed by atoms with E-state index in [-0.39, 0.29) is 48.8 Å². The van der Waals surface area contributed by atoms with Gasteiger partial charge in [-0.1, -0.05) is 37.3 Å².